The first-order chi connectivity index (χ1) is 10.5. The second-order valence-electron chi connectivity index (χ2n) is 5.68. The van der Waals surface area contributed by atoms with Gasteiger partial charge >= 0.3 is 0 Å². The molecule has 0 N–H and O–H groups in total. The van der Waals surface area contributed by atoms with Gasteiger partial charge in [0, 0.05) is 19.0 Å². The monoisotopic (exact) mass is 317 g/mol. The fraction of sp³-hybridized carbons (Fsp3) is 0.375. The third kappa shape index (κ3) is 3.34. The fourth-order valence-corrected chi connectivity index (χ4v) is 3.56. The summed E-state index contributed by atoms with van der Waals surface area (Å²) < 4.78 is 23.0. The quantitative estimate of drug-likeness (QED) is 0.865. The lowest BCUT2D eigenvalue weighted by atomic mass is 10.1. The Labute approximate surface area is 130 Å². The molecule has 1 atom stereocenters. The van der Waals surface area contributed by atoms with E-state index in [0.717, 1.165) is 37.2 Å². The SMILES string of the molecule is CS(=O)(=O)c1ccc(CN2CCC[C@@H]2c2ccncn2)cc1. The van der Waals surface area contributed by atoms with E-state index in [9.17, 15) is 8.42 Å². The van der Waals surface area contributed by atoms with Crippen LogP contribution in [0.2, 0.25) is 0 Å². The maximum atomic E-state index is 11.5. The molecule has 1 fully saturated rings. The Morgan fingerprint density at radius 2 is 2.00 bits per heavy atom. The van der Waals surface area contributed by atoms with Gasteiger partial charge in [-0.1, -0.05) is 12.1 Å². The van der Waals surface area contributed by atoms with E-state index < -0.39 is 9.84 Å². The Morgan fingerprint density at radius 1 is 1.23 bits per heavy atom. The predicted octanol–water partition coefficient (Wildman–Crippen LogP) is 2.22. The van der Waals surface area contributed by atoms with Gasteiger partial charge in [-0.05, 0) is 43.1 Å². The highest BCUT2D eigenvalue weighted by Crippen LogP contribution is 2.31. The number of aromatic nitrogens is 2. The number of hydrogen-bond acceptors (Lipinski definition) is 5. The Bertz CT molecular complexity index is 730. The van der Waals surface area contributed by atoms with Crippen molar-refractivity contribution in [3.05, 3.63) is 54.1 Å². The average molecular weight is 317 g/mol. The fourth-order valence-electron chi connectivity index (χ4n) is 2.92. The lowest BCUT2D eigenvalue weighted by Gasteiger charge is -2.24. The third-order valence-electron chi connectivity index (χ3n) is 4.05. The standard InChI is InChI=1S/C16H19N3O2S/c1-22(20,21)14-6-4-13(5-7-14)11-19-10-2-3-16(19)15-8-9-17-12-18-15/h4-9,12,16H,2-3,10-11H2,1H3/t16-/m1/s1. The molecule has 116 valence electrons. The highest BCUT2D eigenvalue weighted by molar-refractivity contribution is 7.90. The van der Waals surface area contributed by atoms with Crippen molar-refractivity contribution in [1.29, 1.82) is 0 Å². The summed E-state index contributed by atoms with van der Waals surface area (Å²) in [5.74, 6) is 0. The molecule has 1 aromatic heterocycles. The lowest BCUT2D eigenvalue weighted by molar-refractivity contribution is 0.244. The van der Waals surface area contributed by atoms with Gasteiger partial charge in [-0.15, -0.1) is 0 Å². The highest BCUT2D eigenvalue weighted by Gasteiger charge is 2.26. The molecule has 0 bridgehead atoms. The zero-order valence-corrected chi connectivity index (χ0v) is 13.3. The Hall–Kier alpha value is -1.79. The second-order valence-corrected chi connectivity index (χ2v) is 7.69. The summed E-state index contributed by atoms with van der Waals surface area (Å²) in [7, 11) is -3.13. The van der Waals surface area contributed by atoms with E-state index >= 15 is 0 Å². The Kier molecular flexibility index (Phi) is 4.22. The molecular weight excluding hydrogens is 298 g/mol. The summed E-state index contributed by atoms with van der Waals surface area (Å²) in [6.07, 6.45) is 6.84. The molecule has 3 rings (SSSR count). The first kappa shape index (κ1) is 15.1. The molecule has 1 aliphatic heterocycles. The number of nitrogens with zero attached hydrogens (tertiary/aromatic N) is 3. The van der Waals surface area contributed by atoms with Crippen LogP contribution in [0.1, 0.15) is 30.1 Å². The molecule has 1 saturated heterocycles. The second kappa shape index (κ2) is 6.14. The van der Waals surface area contributed by atoms with E-state index in [1.165, 1.54) is 6.26 Å². The molecule has 1 aromatic carbocycles. The van der Waals surface area contributed by atoms with E-state index in [0.29, 0.717) is 10.9 Å². The van der Waals surface area contributed by atoms with Crippen molar-refractivity contribution in [3.8, 4) is 0 Å². The van der Waals surface area contributed by atoms with Gasteiger partial charge in [-0.3, -0.25) is 4.90 Å². The molecule has 0 aliphatic carbocycles. The molecule has 0 amide bonds. The number of likely N-dealkylation sites (tertiary alicyclic amines) is 1. The molecule has 0 unspecified atom stereocenters. The van der Waals surface area contributed by atoms with Gasteiger partial charge in [0.05, 0.1) is 16.6 Å². The number of hydrogen-bond donors (Lipinski definition) is 0. The topological polar surface area (TPSA) is 63.2 Å². The van der Waals surface area contributed by atoms with Crippen molar-refractivity contribution in [1.82, 2.24) is 14.9 Å². The molecule has 0 radical (unpaired) electrons. The minimum absolute atomic E-state index is 0.317. The zero-order chi connectivity index (χ0) is 15.6. The van der Waals surface area contributed by atoms with E-state index in [-0.39, 0.29) is 0 Å². The summed E-state index contributed by atoms with van der Waals surface area (Å²) in [5.41, 5.74) is 2.17. The molecule has 0 saturated carbocycles. The summed E-state index contributed by atoms with van der Waals surface area (Å²) >= 11 is 0. The van der Waals surface area contributed by atoms with E-state index in [1.807, 2.05) is 18.2 Å². The third-order valence-corrected chi connectivity index (χ3v) is 5.18. The molecular formula is C16H19N3O2S. The first-order valence-corrected chi connectivity index (χ1v) is 9.22. The van der Waals surface area contributed by atoms with E-state index in [2.05, 4.69) is 14.9 Å². The van der Waals surface area contributed by atoms with Crippen LogP contribution in [0.25, 0.3) is 0 Å². The minimum Gasteiger partial charge on any atom is -0.291 e. The van der Waals surface area contributed by atoms with Crippen LogP contribution in [-0.4, -0.2) is 36.1 Å². The number of sulfone groups is 1. The predicted molar refractivity (Wildman–Crippen MR) is 84.0 cm³/mol. The van der Waals surface area contributed by atoms with Gasteiger partial charge in [0.15, 0.2) is 9.84 Å². The van der Waals surface area contributed by atoms with Crippen LogP contribution in [0.3, 0.4) is 0 Å². The van der Waals surface area contributed by atoms with Crippen molar-refractivity contribution in [2.75, 3.05) is 12.8 Å². The normalized spacial score (nSPS) is 19.4. The van der Waals surface area contributed by atoms with Crippen LogP contribution in [0.4, 0.5) is 0 Å². The van der Waals surface area contributed by atoms with Crippen molar-refractivity contribution >= 4 is 9.84 Å². The van der Waals surface area contributed by atoms with Crippen molar-refractivity contribution in [2.24, 2.45) is 0 Å². The van der Waals surface area contributed by atoms with Crippen LogP contribution in [-0.2, 0) is 16.4 Å². The Balaban J connectivity index is 1.75. The Morgan fingerprint density at radius 3 is 2.64 bits per heavy atom. The van der Waals surface area contributed by atoms with Crippen LogP contribution in [0.15, 0.2) is 47.8 Å². The number of rotatable bonds is 4. The molecule has 2 aromatic rings. The van der Waals surface area contributed by atoms with Gasteiger partial charge < -0.3 is 0 Å². The summed E-state index contributed by atoms with van der Waals surface area (Å²) in [6, 6.07) is 9.44. The highest BCUT2D eigenvalue weighted by atomic mass is 32.2. The van der Waals surface area contributed by atoms with Gasteiger partial charge in [0.2, 0.25) is 0 Å². The van der Waals surface area contributed by atoms with Gasteiger partial charge in [0.1, 0.15) is 6.33 Å². The molecule has 5 nitrogen and oxygen atoms in total. The van der Waals surface area contributed by atoms with Crippen LogP contribution >= 0.6 is 0 Å². The molecule has 22 heavy (non-hydrogen) atoms. The molecule has 0 spiro atoms. The average Bonchev–Trinajstić information content (AvgIpc) is 2.96. The van der Waals surface area contributed by atoms with E-state index in [1.54, 1.807) is 24.7 Å². The first-order valence-electron chi connectivity index (χ1n) is 7.33. The smallest absolute Gasteiger partial charge is 0.175 e. The maximum Gasteiger partial charge on any atom is 0.175 e. The van der Waals surface area contributed by atoms with Crippen LogP contribution < -0.4 is 0 Å². The van der Waals surface area contributed by atoms with Crippen LogP contribution in [0.5, 0.6) is 0 Å². The molecule has 6 heteroatoms. The van der Waals surface area contributed by atoms with Gasteiger partial charge in [-0.25, -0.2) is 18.4 Å². The summed E-state index contributed by atoms with van der Waals surface area (Å²) in [6.45, 7) is 1.83. The summed E-state index contributed by atoms with van der Waals surface area (Å²) in [4.78, 5) is 11.1. The maximum absolute atomic E-state index is 11.5. The van der Waals surface area contributed by atoms with Crippen molar-refractivity contribution in [3.63, 3.8) is 0 Å². The van der Waals surface area contributed by atoms with Gasteiger partial charge in [-0.2, -0.15) is 0 Å². The van der Waals surface area contributed by atoms with Crippen LogP contribution in [0, 0.1) is 0 Å². The van der Waals surface area contributed by atoms with Crippen molar-refractivity contribution < 1.29 is 8.42 Å². The van der Waals surface area contributed by atoms with Gasteiger partial charge in [0.25, 0.3) is 0 Å². The number of benzene rings is 1. The summed E-state index contributed by atoms with van der Waals surface area (Å²) in [5, 5.41) is 0. The largest absolute Gasteiger partial charge is 0.291 e. The van der Waals surface area contributed by atoms with E-state index in [4.69, 9.17) is 0 Å². The minimum atomic E-state index is -3.13. The lowest BCUT2D eigenvalue weighted by Crippen LogP contribution is -2.23. The molecule has 2 heterocycles. The zero-order valence-electron chi connectivity index (χ0n) is 12.5. The molecule has 1 aliphatic rings. The van der Waals surface area contributed by atoms with Crippen molar-refractivity contribution in [2.45, 2.75) is 30.3 Å².